The van der Waals surface area contributed by atoms with Gasteiger partial charge in [-0.2, -0.15) is 0 Å². The van der Waals surface area contributed by atoms with Gasteiger partial charge in [-0.3, -0.25) is 4.99 Å². The molecule has 0 saturated carbocycles. The minimum Gasteiger partial charge on any atom is -0.379 e. The van der Waals surface area contributed by atoms with Crippen molar-refractivity contribution in [3.8, 4) is 0 Å². The normalized spacial score (nSPS) is 24.3. The van der Waals surface area contributed by atoms with E-state index in [1.807, 2.05) is 6.07 Å². The fraction of sp³-hybridized carbons (Fsp3) is 0.682. The van der Waals surface area contributed by atoms with Crippen molar-refractivity contribution in [3.63, 3.8) is 0 Å². The maximum absolute atomic E-state index is 5.97. The summed E-state index contributed by atoms with van der Waals surface area (Å²) < 4.78 is 17.3. The number of hydrogen-bond donors (Lipinski definition) is 2. The largest absolute Gasteiger partial charge is 0.379 e. The van der Waals surface area contributed by atoms with E-state index in [2.05, 4.69) is 41.8 Å². The predicted molar refractivity (Wildman–Crippen MR) is 127 cm³/mol. The summed E-state index contributed by atoms with van der Waals surface area (Å²) in [5.41, 5.74) is 1.25. The number of aliphatic imine (C=N–C) groups is 1. The molecule has 2 aliphatic rings. The molecule has 1 aromatic rings. The third kappa shape index (κ3) is 8.39. The highest BCUT2D eigenvalue weighted by Gasteiger charge is 2.29. The lowest BCUT2D eigenvalue weighted by atomic mass is 9.95. The molecular weight excluding hydrogens is 481 g/mol. The van der Waals surface area contributed by atoms with Crippen LogP contribution in [0.25, 0.3) is 0 Å². The van der Waals surface area contributed by atoms with Crippen LogP contribution in [0.2, 0.25) is 0 Å². The molecule has 6 nitrogen and oxygen atoms in total. The van der Waals surface area contributed by atoms with Gasteiger partial charge in [0.2, 0.25) is 0 Å². The molecule has 1 aromatic carbocycles. The highest BCUT2D eigenvalue weighted by molar-refractivity contribution is 14.0. The molecule has 0 aromatic heterocycles. The zero-order chi connectivity index (χ0) is 19.4. The molecule has 3 unspecified atom stereocenters. The van der Waals surface area contributed by atoms with Crippen molar-refractivity contribution in [2.75, 3.05) is 46.1 Å². The van der Waals surface area contributed by atoms with E-state index in [1.54, 1.807) is 0 Å². The minimum atomic E-state index is 0. The van der Waals surface area contributed by atoms with Gasteiger partial charge in [0.05, 0.1) is 18.8 Å². The molecule has 3 atom stereocenters. The Labute approximate surface area is 192 Å². The van der Waals surface area contributed by atoms with Gasteiger partial charge in [0.1, 0.15) is 0 Å². The third-order valence-corrected chi connectivity index (χ3v) is 5.26. The van der Waals surface area contributed by atoms with E-state index in [4.69, 9.17) is 19.2 Å². The SMILES string of the molecule is CCNC(=NCC1CCOC1c1ccccc1)NCCCOCC1CCCO1.I. The summed E-state index contributed by atoms with van der Waals surface area (Å²) in [6, 6.07) is 10.5. The Balaban J connectivity index is 0.00000300. The predicted octanol–water partition coefficient (Wildman–Crippen LogP) is 3.52. The first-order valence-electron chi connectivity index (χ1n) is 10.7. The van der Waals surface area contributed by atoms with Gasteiger partial charge in [0, 0.05) is 45.4 Å². The summed E-state index contributed by atoms with van der Waals surface area (Å²) in [5.74, 6) is 1.30. The molecule has 0 spiro atoms. The van der Waals surface area contributed by atoms with E-state index in [-0.39, 0.29) is 30.1 Å². The molecule has 7 heteroatoms. The fourth-order valence-electron chi connectivity index (χ4n) is 3.75. The lowest BCUT2D eigenvalue weighted by Crippen LogP contribution is -2.38. The smallest absolute Gasteiger partial charge is 0.191 e. The van der Waals surface area contributed by atoms with Crippen molar-refractivity contribution in [1.29, 1.82) is 0 Å². The van der Waals surface area contributed by atoms with Crippen LogP contribution in [0, 0.1) is 5.92 Å². The lowest BCUT2D eigenvalue weighted by Gasteiger charge is -2.18. The van der Waals surface area contributed by atoms with E-state index in [1.165, 1.54) is 5.56 Å². The molecule has 2 aliphatic heterocycles. The van der Waals surface area contributed by atoms with Crippen LogP contribution in [0.5, 0.6) is 0 Å². The second-order valence-electron chi connectivity index (χ2n) is 7.46. The Morgan fingerprint density at radius 2 is 2.00 bits per heavy atom. The molecule has 2 heterocycles. The number of guanidine groups is 1. The summed E-state index contributed by atoms with van der Waals surface area (Å²) in [6.07, 6.45) is 4.76. The average Bonchev–Trinajstić information content (AvgIpc) is 3.41. The van der Waals surface area contributed by atoms with Crippen molar-refractivity contribution < 1.29 is 14.2 Å². The first kappa shape index (κ1) is 24.4. The monoisotopic (exact) mass is 517 g/mol. The topological polar surface area (TPSA) is 64.1 Å². The number of nitrogens with zero attached hydrogens (tertiary/aromatic N) is 1. The van der Waals surface area contributed by atoms with Gasteiger partial charge >= 0.3 is 0 Å². The van der Waals surface area contributed by atoms with Gasteiger partial charge in [-0.25, -0.2) is 0 Å². The molecule has 2 fully saturated rings. The Kier molecular flexibility index (Phi) is 11.9. The summed E-state index contributed by atoms with van der Waals surface area (Å²) in [5, 5.41) is 6.75. The van der Waals surface area contributed by atoms with Gasteiger partial charge in [-0.05, 0) is 38.2 Å². The van der Waals surface area contributed by atoms with Crippen molar-refractivity contribution >= 4 is 29.9 Å². The second kappa shape index (κ2) is 14.2. The molecule has 2 saturated heterocycles. The van der Waals surface area contributed by atoms with Crippen LogP contribution in [-0.4, -0.2) is 58.1 Å². The van der Waals surface area contributed by atoms with Crippen LogP contribution >= 0.6 is 24.0 Å². The van der Waals surface area contributed by atoms with Gasteiger partial charge in [0.25, 0.3) is 0 Å². The molecule has 0 bridgehead atoms. The van der Waals surface area contributed by atoms with Crippen LogP contribution in [0.3, 0.4) is 0 Å². The van der Waals surface area contributed by atoms with Gasteiger partial charge in [-0.15, -0.1) is 24.0 Å². The van der Waals surface area contributed by atoms with Gasteiger partial charge < -0.3 is 24.8 Å². The van der Waals surface area contributed by atoms with E-state index in [0.717, 1.165) is 77.7 Å². The van der Waals surface area contributed by atoms with Crippen molar-refractivity contribution in [2.24, 2.45) is 10.9 Å². The minimum absolute atomic E-state index is 0. The number of nitrogens with one attached hydrogen (secondary N) is 2. The van der Waals surface area contributed by atoms with Crippen LogP contribution in [0.15, 0.2) is 35.3 Å². The molecular formula is C22H36IN3O3. The zero-order valence-electron chi connectivity index (χ0n) is 17.5. The highest BCUT2D eigenvalue weighted by atomic mass is 127. The van der Waals surface area contributed by atoms with E-state index in [9.17, 15) is 0 Å². The summed E-state index contributed by atoms with van der Waals surface area (Å²) >= 11 is 0. The zero-order valence-corrected chi connectivity index (χ0v) is 19.8. The van der Waals surface area contributed by atoms with Crippen LogP contribution in [-0.2, 0) is 14.2 Å². The van der Waals surface area contributed by atoms with Crippen LogP contribution in [0.1, 0.15) is 44.3 Å². The number of hydrogen-bond acceptors (Lipinski definition) is 4. The summed E-state index contributed by atoms with van der Waals surface area (Å²) in [6.45, 7) is 7.72. The van der Waals surface area contributed by atoms with E-state index < -0.39 is 0 Å². The quantitative estimate of drug-likeness (QED) is 0.215. The maximum atomic E-state index is 5.97. The van der Waals surface area contributed by atoms with Crippen molar-refractivity contribution in [1.82, 2.24) is 10.6 Å². The van der Waals surface area contributed by atoms with Crippen molar-refractivity contribution in [2.45, 2.75) is 44.8 Å². The fourth-order valence-corrected chi connectivity index (χ4v) is 3.75. The molecule has 0 radical (unpaired) electrons. The van der Waals surface area contributed by atoms with E-state index >= 15 is 0 Å². The highest BCUT2D eigenvalue weighted by Crippen LogP contribution is 2.34. The molecule has 3 rings (SSSR count). The standard InChI is InChI=1S/C22H35N3O3.HI/c1-2-23-22(24-12-7-13-26-17-20-10-6-14-27-20)25-16-19-11-15-28-21(19)18-8-4-3-5-9-18;/h3-5,8-9,19-21H,2,6-7,10-17H2,1H3,(H2,23,24,25);1H. The Hall–Kier alpha value is -0.900. The Bertz CT molecular complexity index is 582. The number of ether oxygens (including phenoxy) is 3. The molecule has 0 amide bonds. The van der Waals surface area contributed by atoms with E-state index in [0.29, 0.717) is 12.0 Å². The number of halogens is 1. The van der Waals surface area contributed by atoms with Gasteiger partial charge in [0.15, 0.2) is 5.96 Å². The molecule has 2 N–H and O–H groups in total. The van der Waals surface area contributed by atoms with Gasteiger partial charge in [-0.1, -0.05) is 30.3 Å². The number of rotatable bonds is 10. The first-order chi connectivity index (χ1) is 13.9. The third-order valence-electron chi connectivity index (χ3n) is 5.26. The average molecular weight is 517 g/mol. The summed E-state index contributed by atoms with van der Waals surface area (Å²) in [7, 11) is 0. The first-order valence-corrected chi connectivity index (χ1v) is 10.7. The Morgan fingerprint density at radius 3 is 2.76 bits per heavy atom. The van der Waals surface area contributed by atoms with Crippen molar-refractivity contribution in [3.05, 3.63) is 35.9 Å². The van der Waals surface area contributed by atoms with Crippen LogP contribution < -0.4 is 10.6 Å². The molecule has 0 aliphatic carbocycles. The molecule has 29 heavy (non-hydrogen) atoms. The van der Waals surface area contributed by atoms with Crippen LogP contribution in [0.4, 0.5) is 0 Å². The summed E-state index contributed by atoms with van der Waals surface area (Å²) in [4.78, 5) is 4.81. The maximum Gasteiger partial charge on any atom is 0.191 e. The Morgan fingerprint density at radius 1 is 1.14 bits per heavy atom. The molecule has 164 valence electrons. The lowest BCUT2D eigenvalue weighted by molar-refractivity contribution is 0.0168. The number of benzene rings is 1. The second-order valence-corrected chi connectivity index (χ2v) is 7.46.